The van der Waals surface area contributed by atoms with Crippen LogP contribution in [-0.2, 0) is 49.3 Å². The number of rotatable bonds is 23. The zero-order chi connectivity index (χ0) is 51.3. The molecule has 15 heteroatoms. The van der Waals surface area contributed by atoms with Crippen LogP contribution in [0.5, 0.6) is 0 Å². The van der Waals surface area contributed by atoms with E-state index in [1.807, 2.05) is 71.9 Å². The van der Waals surface area contributed by atoms with Gasteiger partial charge < -0.3 is 39.4 Å². The van der Waals surface area contributed by atoms with Gasteiger partial charge in [-0.3, -0.25) is 24.1 Å². The van der Waals surface area contributed by atoms with Crippen LogP contribution >= 0.6 is 0 Å². The first-order valence-corrected chi connectivity index (χ1v) is 25.4. The molecule has 2 unspecified atom stereocenters. The van der Waals surface area contributed by atoms with Crippen molar-refractivity contribution in [3.8, 4) is 11.8 Å². The number of benzene rings is 1. The highest BCUT2D eigenvalue weighted by Crippen LogP contribution is 2.52. The van der Waals surface area contributed by atoms with E-state index in [4.69, 9.17) is 18.9 Å². The molecule has 69 heavy (non-hydrogen) atoms. The molecule has 2 fully saturated rings. The number of fused-ring (bicyclic) bond motifs is 1. The second kappa shape index (κ2) is 26.0. The molecule has 4 rings (SSSR count). The lowest BCUT2D eigenvalue weighted by atomic mass is 9.89. The van der Waals surface area contributed by atoms with Gasteiger partial charge in [0.1, 0.15) is 23.7 Å². The lowest BCUT2D eigenvalue weighted by molar-refractivity contribution is -0.159. The second-order valence-electron chi connectivity index (χ2n) is 21.4. The topological polar surface area (TPSA) is 173 Å². The molecular formula is C54H85N5O10. The average molecular weight is 964 g/mol. The van der Waals surface area contributed by atoms with Gasteiger partial charge in [-0.1, -0.05) is 85.2 Å². The molecule has 1 aliphatic heterocycles. The number of hydrogen-bond donors (Lipinski definition) is 2. The Bertz CT molecular complexity index is 1930. The Balaban J connectivity index is 1.45. The Morgan fingerprint density at radius 3 is 1.99 bits per heavy atom. The third-order valence-corrected chi connectivity index (χ3v) is 14.6. The number of esters is 1. The fourth-order valence-electron chi connectivity index (χ4n) is 10.6. The van der Waals surface area contributed by atoms with Gasteiger partial charge in [0.05, 0.1) is 43.2 Å². The molecule has 0 bridgehead atoms. The molecule has 11 atom stereocenters. The van der Waals surface area contributed by atoms with E-state index in [2.05, 4.69) is 22.5 Å². The summed E-state index contributed by atoms with van der Waals surface area (Å²) in [6, 6.07) is 5.63. The highest BCUT2D eigenvalue weighted by Gasteiger charge is 2.50. The predicted octanol–water partition coefficient (Wildman–Crippen LogP) is 6.65. The zero-order valence-electron chi connectivity index (χ0n) is 44.2. The fourth-order valence-corrected chi connectivity index (χ4v) is 10.6. The number of methoxy groups -OCH3 is 2. The Hall–Kier alpha value is -4.68. The van der Waals surface area contributed by atoms with Crippen molar-refractivity contribution >= 4 is 35.7 Å². The van der Waals surface area contributed by atoms with Gasteiger partial charge in [0, 0.05) is 54.1 Å². The molecule has 0 spiro atoms. The number of carbonyl (C=O) groups is 6. The maximum atomic E-state index is 14.7. The second-order valence-corrected chi connectivity index (χ2v) is 21.4. The molecule has 2 aliphatic carbocycles. The molecule has 1 heterocycles. The highest BCUT2D eigenvalue weighted by molar-refractivity contribution is 5.92. The van der Waals surface area contributed by atoms with Crippen molar-refractivity contribution in [1.29, 1.82) is 0 Å². The summed E-state index contributed by atoms with van der Waals surface area (Å²) in [6.45, 7) is 19.3. The Labute approximate surface area is 413 Å². The minimum absolute atomic E-state index is 0.0500. The normalized spacial score (nSPS) is 22.4. The van der Waals surface area contributed by atoms with Gasteiger partial charge in [-0.15, -0.1) is 11.8 Å². The summed E-state index contributed by atoms with van der Waals surface area (Å²) >= 11 is 0. The molecule has 3 aliphatic rings. The van der Waals surface area contributed by atoms with Crippen LogP contribution in [0, 0.1) is 53.3 Å². The molecule has 1 aromatic carbocycles. The van der Waals surface area contributed by atoms with Gasteiger partial charge >= 0.3 is 12.1 Å². The van der Waals surface area contributed by atoms with E-state index >= 15 is 0 Å². The van der Waals surface area contributed by atoms with Gasteiger partial charge in [0.15, 0.2) is 0 Å². The van der Waals surface area contributed by atoms with Crippen molar-refractivity contribution in [2.75, 3.05) is 41.5 Å². The summed E-state index contributed by atoms with van der Waals surface area (Å²) in [7, 11) is 6.32. The molecule has 1 saturated heterocycles. The van der Waals surface area contributed by atoms with E-state index in [0.29, 0.717) is 50.2 Å². The first kappa shape index (κ1) is 56.9. The van der Waals surface area contributed by atoms with E-state index < -0.39 is 77.8 Å². The number of likely N-dealkylation sites (N-methyl/N-ethyl adjacent to an activating group) is 2. The van der Waals surface area contributed by atoms with Gasteiger partial charge in [-0.2, -0.15) is 0 Å². The Morgan fingerprint density at radius 1 is 0.826 bits per heavy atom. The minimum atomic E-state index is -0.946. The maximum Gasteiger partial charge on any atom is 0.410 e. The van der Waals surface area contributed by atoms with Crippen LogP contribution in [0.25, 0.3) is 0 Å². The quantitative estimate of drug-likeness (QED) is 0.0894. The number of ether oxygens (including phenoxy) is 4. The van der Waals surface area contributed by atoms with Crippen molar-refractivity contribution in [2.45, 2.75) is 175 Å². The van der Waals surface area contributed by atoms with Crippen LogP contribution in [0.4, 0.5) is 4.79 Å². The number of nitrogens with one attached hydrogen (secondary N) is 2. The van der Waals surface area contributed by atoms with Gasteiger partial charge in [0.25, 0.3) is 0 Å². The molecule has 2 N–H and O–H groups in total. The van der Waals surface area contributed by atoms with E-state index in [9.17, 15) is 28.8 Å². The van der Waals surface area contributed by atoms with Crippen molar-refractivity contribution in [2.24, 2.45) is 41.4 Å². The molecule has 0 aromatic heterocycles. The monoisotopic (exact) mass is 964 g/mol. The molecule has 1 saturated carbocycles. The number of likely N-dealkylation sites (tertiary alicyclic amines) is 1. The highest BCUT2D eigenvalue weighted by atomic mass is 16.6. The van der Waals surface area contributed by atoms with Crippen molar-refractivity contribution in [1.82, 2.24) is 25.3 Å². The SMILES string of the molecule is CC[C@H](C)[C@@H]([C@@H](CC(=O)N1CCC[C@H]1[C@H](OC)[C@@H](C)C(=O)N[C@@H](Cc1ccccc1)C(=O)OC(C)(C)C)OC)N(C)C(=O)[C@@H](NC(=O)[C@H](C(C)C)N(C)C(=O)OCC1C2CCC#CCCC21)C(C)C. The molecule has 1 aromatic rings. The summed E-state index contributed by atoms with van der Waals surface area (Å²) in [5.41, 5.74) is 0.101. The largest absolute Gasteiger partial charge is 0.458 e. The van der Waals surface area contributed by atoms with E-state index in [-0.39, 0.29) is 42.4 Å². The van der Waals surface area contributed by atoms with Gasteiger partial charge in [-0.25, -0.2) is 9.59 Å². The number of nitrogens with zero attached hydrogens (tertiary/aromatic N) is 3. The lowest BCUT2D eigenvalue weighted by Crippen LogP contribution is -2.60. The standard InChI is InChI=1S/C54H85N5O10/c1-15-35(6)47(57(11)51(63)45(33(2)3)56-50(62)46(34(4)5)58(12)53(65)68-32-40-38-26-21-16-17-22-27-39(38)40)43(66-13)31-44(60)59-29-23-28-42(59)48(67-14)36(7)49(61)55-41(52(64)69-54(8,9)10)30-37-24-19-18-20-25-37/h18-20,24-25,33-36,38-43,45-48H,15,21-23,26-32H2,1-14H3,(H,55,61)(H,56,62)/t35-,36+,38?,39?,40?,41-,42-,43+,45-,46-,47-,48+/m0/s1. The molecule has 5 amide bonds. The van der Waals surface area contributed by atoms with Crippen LogP contribution in [0.15, 0.2) is 30.3 Å². The number of hydrogen-bond acceptors (Lipinski definition) is 10. The third-order valence-electron chi connectivity index (χ3n) is 14.6. The van der Waals surface area contributed by atoms with E-state index in [0.717, 1.165) is 31.2 Å². The summed E-state index contributed by atoms with van der Waals surface area (Å²) in [5.74, 6) is 4.35. The van der Waals surface area contributed by atoms with E-state index in [1.54, 1.807) is 51.6 Å². The van der Waals surface area contributed by atoms with E-state index in [1.165, 1.54) is 19.1 Å². The molecule has 15 nitrogen and oxygen atoms in total. The van der Waals surface area contributed by atoms with Crippen LogP contribution < -0.4 is 10.6 Å². The van der Waals surface area contributed by atoms with Crippen LogP contribution in [0.3, 0.4) is 0 Å². The summed E-state index contributed by atoms with van der Waals surface area (Å²) in [4.78, 5) is 88.9. The number of amides is 5. The lowest BCUT2D eigenvalue weighted by Gasteiger charge is -2.41. The van der Waals surface area contributed by atoms with Crippen molar-refractivity contribution in [3.05, 3.63) is 35.9 Å². The van der Waals surface area contributed by atoms with Crippen LogP contribution in [0.2, 0.25) is 0 Å². The van der Waals surface area contributed by atoms with Gasteiger partial charge in [-0.05, 0) is 87.5 Å². The summed E-state index contributed by atoms with van der Waals surface area (Å²) < 4.78 is 23.6. The van der Waals surface area contributed by atoms with Crippen LogP contribution in [-0.4, -0.2) is 140 Å². The fraction of sp³-hybridized carbons (Fsp3) is 0.741. The zero-order valence-corrected chi connectivity index (χ0v) is 44.2. The molecular weight excluding hydrogens is 879 g/mol. The van der Waals surface area contributed by atoms with Crippen molar-refractivity contribution in [3.63, 3.8) is 0 Å². The first-order valence-electron chi connectivity index (χ1n) is 25.4. The van der Waals surface area contributed by atoms with Crippen molar-refractivity contribution < 1.29 is 47.7 Å². The summed E-state index contributed by atoms with van der Waals surface area (Å²) in [5, 5.41) is 5.94. The summed E-state index contributed by atoms with van der Waals surface area (Å²) in [6.07, 6.45) is 3.92. The average Bonchev–Trinajstić information content (AvgIpc) is 3.66. The smallest absolute Gasteiger partial charge is 0.410 e. The predicted molar refractivity (Wildman–Crippen MR) is 265 cm³/mol. The Kier molecular flexibility index (Phi) is 21.4. The molecule has 386 valence electrons. The minimum Gasteiger partial charge on any atom is -0.458 e. The van der Waals surface area contributed by atoms with Gasteiger partial charge in [0.2, 0.25) is 23.6 Å². The maximum absolute atomic E-state index is 14.7. The van der Waals surface area contributed by atoms with Crippen LogP contribution in [0.1, 0.15) is 126 Å². The molecule has 0 radical (unpaired) electrons. The Morgan fingerprint density at radius 2 is 1.45 bits per heavy atom. The number of carbonyl (C=O) groups excluding carboxylic acids is 6. The first-order chi connectivity index (χ1) is 32.6. The third kappa shape index (κ3) is 15.4.